The van der Waals surface area contributed by atoms with Crippen LogP contribution in [0.1, 0.15) is 25.3 Å². The minimum Gasteiger partial charge on any atom is -0.349 e. The minimum atomic E-state index is -3.68. The average molecular weight is 338 g/mol. The zero-order chi connectivity index (χ0) is 17.0. The molecule has 1 atom stereocenters. The van der Waals surface area contributed by atoms with Gasteiger partial charge in [-0.3, -0.25) is 9.59 Å². The number of carbonyl (C=O) groups is 2. The van der Waals surface area contributed by atoms with E-state index in [9.17, 15) is 18.0 Å². The van der Waals surface area contributed by atoms with Gasteiger partial charge in [-0.2, -0.15) is 4.31 Å². The van der Waals surface area contributed by atoms with Gasteiger partial charge in [-0.05, 0) is 31.2 Å². The van der Waals surface area contributed by atoms with Crippen LogP contribution >= 0.6 is 0 Å². The molecular formula is C16H22N2O4S. The van der Waals surface area contributed by atoms with Gasteiger partial charge in [0.1, 0.15) is 0 Å². The van der Waals surface area contributed by atoms with Crippen LogP contribution in [-0.2, 0) is 25.4 Å². The number of benzene rings is 1. The van der Waals surface area contributed by atoms with Crippen LogP contribution in [0.5, 0.6) is 0 Å². The Labute approximate surface area is 136 Å². The second kappa shape index (κ2) is 7.23. The highest BCUT2D eigenvalue weighted by Crippen LogP contribution is 2.27. The number of hydrogen-bond acceptors (Lipinski definition) is 4. The van der Waals surface area contributed by atoms with Crippen LogP contribution in [0.2, 0.25) is 0 Å². The number of ketones is 1. The third-order valence-corrected chi connectivity index (χ3v) is 5.92. The van der Waals surface area contributed by atoms with Crippen molar-refractivity contribution in [3.63, 3.8) is 0 Å². The third-order valence-electron chi connectivity index (χ3n) is 4.03. The lowest BCUT2D eigenvalue weighted by Gasteiger charge is -2.23. The summed E-state index contributed by atoms with van der Waals surface area (Å²) in [6.07, 6.45) is 2.13. The third kappa shape index (κ3) is 4.87. The zero-order valence-corrected chi connectivity index (χ0v) is 14.2. The second-order valence-electron chi connectivity index (χ2n) is 5.95. The highest BCUT2D eigenvalue weighted by Gasteiger charge is 2.32. The van der Waals surface area contributed by atoms with Gasteiger partial charge in [0.05, 0.1) is 11.8 Å². The fraction of sp³-hybridized carbons (Fsp3) is 0.500. The van der Waals surface area contributed by atoms with Crippen molar-refractivity contribution >= 4 is 21.7 Å². The van der Waals surface area contributed by atoms with Crippen LogP contribution < -0.4 is 5.32 Å². The van der Waals surface area contributed by atoms with Gasteiger partial charge in [0.25, 0.3) is 5.91 Å². The molecule has 1 aliphatic carbocycles. The Morgan fingerprint density at radius 1 is 1.26 bits per heavy atom. The van der Waals surface area contributed by atoms with Crippen molar-refractivity contribution in [1.82, 2.24) is 9.62 Å². The molecule has 1 fully saturated rings. The Hall–Kier alpha value is -1.73. The summed E-state index contributed by atoms with van der Waals surface area (Å²) in [5, 5.41) is 2.57. The van der Waals surface area contributed by atoms with Gasteiger partial charge in [0.2, 0.25) is 15.8 Å². The van der Waals surface area contributed by atoms with Gasteiger partial charge < -0.3 is 5.32 Å². The predicted octanol–water partition coefficient (Wildman–Crippen LogP) is 0.932. The van der Waals surface area contributed by atoms with Crippen molar-refractivity contribution in [1.29, 1.82) is 0 Å². The van der Waals surface area contributed by atoms with Crippen molar-refractivity contribution in [2.24, 2.45) is 5.92 Å². The number of sulfonamides is 1. The first-order valence-electron chi connectivity index (χ1n) is 7.63. The maximum absolute atomic E-state index is 12.4. The summed E-state index contributed by atoms with van der Waals surface area (Å²) in [6, 6.07) is 7.70. The molecule has 7 heteroatoms. The van der Waals surface area contributed by atoms with Gasteiger partial charge in [-0.1, -0.05) is 30.3 Å². The molecule has 0 aromatic heterocycles. The standard InChI is InChI=1S/C16H22N2O4S/c1-12(15(19)16(20)17-10-13-8-9-13)18(2)23(21,22)11-14-6-4-3-5-7-14/h3-7,12-13H,8-11H2,1-2H3,(H,17,20). The zero-order valence-electron chi connectivity index (χ0n) is 13.4. The molecule has 1 amide bonds. The summed E-state index contributed by atoms with van der Waals surface area (Å²) in [6.45, 7) is 1.92. The van der Waals surface area contributed by atoms with E-state index < -0.39 is 27.8 Å². The lowest BCUT2D eigenvalue weighted by atomic mass is 10.2. The maximum Gasteiger partial charge on any atom is 0.289 e. The number of Topliss-reactive ketones (excluding diaryl/α,β-unsaturated/α-hetero) is 1. The summed E-state index contributed by atoms with van der Waals surface area (Å²) in [5.41, 5.74) is 0.636. The number of likely N-dealkylation sites (N-methyl/N-ethyl adjacent to an activating group) is 1. The normalized spacial score (nSPS) is 16.1. The largest absolute Gasteiger partial charge is 0.349 e. The lowest BCUT2D eigenvalue weighted by Crippen LogP contribution is -2.47. The van der Waals surface area contributed by atoms with E-state index in [0.29, 0.717) is 18.0 Å². The van der Waals surface area contributed by atoms with Crippen molar-refractivity contribution in [3.05, 3.63) is 35.9 Å². The first-order valence-corrected chi connectivity index (χ1v) is 9.24. The summed E-state index contributed by atoms with van der Waals surface area (Å²) in [4.78, 5) is 23.9. The van der Waals surface area contributed by atoms with Crippen LogP contribution in [0.4, 0.5) is 0 Å². The topological polar surface area (TPSA) is 83.6 Å². The van der Waals surface area contributed by atoms with Crippen LogP contribution in [0.25, 0.3) is 0 Å². The molecule has 0 bridgehead atoms. The number of hydrogen-bond donors (Lipinski definition) is 1. The molecular weight excluding hydrogens is 316 g/mol. The molecule has 23 heavy (non-hydrogen) atoms. The number of amides is 1. The molecule has 0 spiro atoms. The number of nitrogens with zero attached hydrogens (tertiary/aromatic N) is 1. The van der Waals surface area contributed by atoms with Gasteiger partial charge in [0.15, 0.2) is 0 Å². The molecule has 0 radical (unpaired) electrons. The van der Waals surface area contributed by atoms with Crippen LogP contribution in [0.15, 0.2) is 30.3 Å². The fourth-order valence-corrected chi connectivity index (χ4v) is 3.52. The van der Waals surface area contributed by atoms with E-state index in [0.717, 1.165) is 17.1 Å². The fourth-order valence-electron chi connectivity index (χ4n) is 2.13. The lowest BCUT2D eigenvalue weighted by molar-refractivity contribution is -0.139. The summed E-state index contributed by atoms with van der Waals surface area (Å²) >= 11 is 0. The molecule has 2 rings (SSSR count). The van der Waals surface area contributed by atoms with E-state index in [4.69, 9.17) is 0 Å². The van der Waals surface area contributed by atoms with Crippen molar-refractivity contribution in [2.45, 2.75) is 31.6 Å². The van der Waals surface area contributed by atoms with E-state index in [1.165, 1.54) is 14.0 Å². The van der Waals surface area contributed by atoms with Gasteiger partial charge in [-0.25, -0.2) is 8.42 Å². The minimum absolute atomic E-state index is 0.203. The van der Waals surface area contributed by atoms with Crippen molar-refractivity contribution in [3.8, 4) is 0 Å². The Bertz CT molecular complexity index is 669. The average Bonchev–Trinajstić information content (AvgIpc) is 3.35. The van der Waals surface area contributed by atoms with E-state index in [1.54, 1.807) is 30.3 Å². The van der Waals surface area contributed by atoms with Crippen LogP contribution in [0.3, 0.4) is 0 Å². The molecule has 1 aromatic carbocycles. The summed E-state index contributed by atoms with van der Waals surface area (Å²) in [5.74, 6) is -1.19. The number of nitrogens with one attached hydrogen (secondary N) is 1. The maximum atomic E-state index is 12.4. The molecule has 6 nitrogen and oxygen atoms in total. The molecule has 0 aliphatic heterocycles. The van der Waals surface area contributed by atoms with E-state index in [-0.39, 0.29) is 5.75 Å². The number of rotatable bonds is 8. The molecule has 0 heterocycles. The Morgan fingerprint density at radius 2 is 1.87 bits per heavy atom. The smallest absolute Gasteiger partial charge is 0.289 e. The molecule has 1 aliphatic rings. The highest BCUT2D eigenvalue weighted by molar-refractivity contribution is 7.88. The SMILES string of the molecule is CC(C(=O)C(=O)NCC1CC1)N(C)S(=O)(=O)Cc1ccccc1. The predicted molar refractivity (Wildman–Crippen MR) is 87.0 cm³/mol. The Balaban J connectivity index is 1.97. The Kier molecular flexibility index (Phi) is 5.54. The molecule has 126 valence electrons. The van der Waals surface area contributed by atoms with E-state index >= 15 is 0 Å². The molecule has 1 aromatic rings. The van der Waals surface area contributed by atoms with Gasteiger partial charge in [-0.15, -0.1) is 0 Å². The van der Waals surface area contributed by atoms with E-state index in [1.807, 2.05) is 0 Å². The highest BCUT2D eigenvalue weighted by atomic mass is 32.2. The van der Waals surface area contributed by atoms with E-state index in [2.05, 4.69) is 5.32 Å². The Morgan fingerprint density at radius 3 is 2.43 bits per heavy atom. The van der Waals surface area contributed by atoms with Crippen molar-refractivity contribution < 1.29 is 18.0 Å². The molecule has 1 N–H and O–H groups in total. The molecule has 1 saturated carbocycles. The van der Waals surface area contributed by atoms with Crippen molar-refractivity contribution in [2.75, 3.05) is 13.6 Å². The van der Waals surface area contributed by atoms with Gasteiger partial charge in [0, 0.05) is 13.6 Å². The molecule has 1 unspecified atom stereocenters. The van der Waals surface area contributed by atoms with Crippen LogP contribution in [0, 0.1) is 5.92 Å². The quantitative estimate of drug-likeness (QED) is 0.715. The number of carbonyl (C=O) groups excluding carboxylic acids is 2. The monoisotopic (exact) mass is 338 g/mol. The molecule has 0 saturated heterocycles. The first kappa shape index (κ1) is 17.6. The van der Waals surface area contributed by atoms with Crippen LogP contribution in [-0.4, -0.2) is 44.0 Å². The first-order chi connectivity index (χ1) is 10.8. The van der Waals surface area contributed by atoms with Gasteiger partial charge >= 0.3 is 0 Å². The summed E-state index contributed by atoms with van der Waals surface area (Å²) < 4.78 is 25.7. The summed E-state index contributed by atoms with van der Waals surface area (Å²) in [7, 11) is -2.35. The second-order valence-corrected chi connectivity index (χ2v) is 7.98.